The maximum Gasteiger partial charge on any atom is 0.150 e. The molecule has 1 aliphatic heterocycles. The van der Waals surface area contributed by atoms with Crippen LogP contribution >= 0.6 is 0 Å². The van der Waals surface area contributed by atoms with Gasteiger partial charge in [0.25, 0.3) is 0 Å². The van der Waals surface area contributed by atoms with Crippen LogP contribution in [0.2, 0.25) is 0 Å². The van der Waals surface area contributed by atoms with Crippen molar-refractivity contribution in [1.29, 1.82) is 0 Å². The van der Waals surface area contributed by atoms with Gasteiger partial charge in [-0.3, -0.25) is 0 Å². The lowest BCUT2D eigenvalue weighted by Gasteiger charge is -2.22. The van der Waals surface area contributed by atoms with Gasteiger partial charge in [0.05, 0.1) is 43.1 Å². The number of sulfone groups is 1. The van der Waals surface area contributed by atoms with Crippen molar-refractivity contribution >= 4 is 9.84 Å². The number of nitrogens with zero attached hydrogens (tertiary/aromatic N) is 3. The van der Waals surface area contributed by atoms with Gasteiger partial charge in [-0.25, -0.2) is 13.1 Å². The van der Waals surface area contributed by atoms with E-state index in [1.807, 2.05) is 6.92 Å². The number of aliphatic hydroxyl groups is 1. The van der Waals surface area contributed by atoms with Gasteiger partial charge in [0, 0.05) is 0 Å². The Balaban J connectivity index is 1.72. The number of hydrogen-bond acceptors (Lipinski definition) is 6. The molecule has 1 aliphatic rings. The lowest BCUT2D eigenvalue weighted by Crippen LogP contribution is -2.29. The largest absolute Gasteiger partial charge is 0.387 e. The summed E-state index contributed by atoms with van der Waals surface area (Å²) in [6.07, 6.45) is 2.89. The minimum atomic E-state index is -2.84. The third-order valence-corrected chi connectivity index (χ3v) is 5.18. The summed E-state index contributed by atoms with van der Waals surface area (Å²) >= 11 is 0. The van der Waals surface area contributed by atoms with E-state index in [9.17, 15) is 13.5 Å². The van der Waals surface area contributed by atoms with Gasteiger partial charge in [0.15, 0.2) is 9.84 Å². The average Bonchev–Trinajstić information content (AvgIpc) is 2.88. The van der Waals surface area contributed by atoms with Crippen LogP contribution in [0.1, 0.15) is 38.0 Å². The molecule has 1 atom stereocenters. The minimum Gasteiger partial charge on any atom is -0.387 e. The van der Waals surface area contributed by atoms with Crippen LogP contribution in [0, 0.1) is 0 Å². The molecule has 1 saturated heterocycles. The van der Waals surface area contributed by atoms with E-state index < -0.39 is 15.9 Å². The number of ether oxygens (including phenoxy) is 1. The first-order valence-electron chi connectivity index (χ1n) is 6.90. The molecular formula is C12H21N3O4S. The molecule has 0 aliphatic carbocycles. The molecule has 0 aromatic carbocycles. The van der Waals surface area contributed by atoms with E-state index in [4.69, 9.17) is 4.74 Å². The molecule has 20 heavy (non-hydrogen) atoms. The third-order valence-electron chi connectivity index (χ3n) is 3.46. The molecule has 2 rings (SSSR count). The maximum absolute atomic E-state index is 11.3. The quantitative estimate of drug-likeness (QED) is 0.813. The van der Waals surface area contributed by atoms with E-state index in [0.717, 1.165) is 0 Å². The van der Waals surface area contributed by atoms with Crippen LogP contribution in [-0.4, -0.2) is 52.7 Å². The summed E-state index contributed by atoms with van der Waals surface area (Å²) in [5.41, 5.74) is 0.566. The summed E-state index contributed by atoms with van der Waals surface area (Å²) in [5, 5.41) is 17.4. The second-order valence-electron chi connectivity index (χ2n) is 5.05. The van der Waals surface area contributed by atoms with E-state index in [1.165, 1.54) is 0 Å². The van der Waals surface area contributed by atoms with E-state index >= 15 is 0 Å². The standard InChI is InChI=1S/C12H21N3O4S/c1-2-12(16)11-9-15(14-13-11)5-6-19-10-3-7-20(17,18)8-4-10/h9-10,12,16H,2-8H2,1H3. The van der Waals surface area contributed by atoms with Crippen molar-refractivity contribution < 1.29 is 18.3 Å². The number of hydrogen-bond donors (Lipinski definition) is 1. The fraction of sp³-hybridized carbons (Fsp3) is 0.833. The van der Waals surface area contributed by atoms with Gasteiger partial charge in [0.2, 0.25) is 0 Å². The second kappa shape index (κ2) is 6.64. The predicted octanol–water partition coefficient (Wildman–Crippen LogP) is 0.315. The third kappa shape index (κ3) is 4.26. The fourth-order valence-electron chi connectivity index (χ4n) is 2.13. The summed E-state index contributed by atoms with van der Waals surface area (Å²) in [4.78, 5) is 0. The van der Waals surface area contributed by atoms with Gasteiger partial charge in [-0.2, -0.15) is 0 Å². The zero-order chi connectivity index (χ0) is 14.6. The first-order valence-corrected chi connectivity index (χ1v) is 8.72. The Kier molecular flexibility index (Phi) is 5.11. The molecule has 0 bridgehead atoms. The summed E-state index contributed by atoms with van der Waals surface area (Å²) < 4.78 is 29.9. The average molecular weight is 303 g/mol. The minimum absolute atomic E-state index is 0.0164. The highest BCUT2D eigenvalue weighted by Crippen LogP contribution is 2.15. The number of aromatic nitrogens is 3. The SMILES string of the molecule is CCC(O)c1cn(CCOC2CCS(=O)(=O)CC2)nn1. The predicted molar refractivity (Wildman–Crippen MR) is 72.9 cm³/mol. The molecule has 1 N–H and O–H groups in total. The molecule has 0 amide bonds. The molecule has 7 nitrogen and oxygen atoms in total. The zero-order valence-electron chi connectivity index (χ0n) is 11.6. The van der Waals surface area contributed by atoms with E-state index in [0.29, 0.717) is 38.1 Å². The zero-order valence-corrected chi connectivity index (χ0v) is 12.4. The van der Waals surface area contributed by atoms with Crippen molar-refractivity contribution in [3.05, 3.63) is 11.9 Å². The highest BCUT2D eigenvalue weighted by Gasteiger charge is 2.23. The Hall–Kier alpha value is -0.990. The van der Waals surface area contributed by atoms with Gasteiger partial charge in [-0.1, -0.05) is 12.1 Å². The van der Waals surface area contributed by atoms with E-state index in [1.54, 1.807) is 10.9 Å². The van der Waals surface area contributed by atoms with Crippen molar-refractivity contribution in [2.75, 3.05) is 18.1 Å². The fourth-order valence-corrected chi connectivity index (χ4v) is 3.58. The maximum atomic E-state index is 11.3. The second-order valence-corrected chi connectivity index (χ2v) is 7.36. The van der Waals surface area contributed by atoms with Gasteiger partial charge in [-0.05, 0) is 19.3 Å². The first-order chi connectivity index (χ1) is 9.50. The van der Waals surface area contributed by atoms with Crippen LogP contribution in [0.15, 0.2) is 6.20 Å². The summed E-state index contributed by atoms with van der Waals surface area (Å²) in [6.45, 7) is 2.90. The van der Waals surface area contributed by atoms with Gasteiger partial charge < -0.3 is 9.84 Å². The van der Waals surface area contributed by atoms with Gasteiger partial charge in [-0.15, -0.1) is 5.10 Å². The van der Waals surface area contributed by atoms with E-state index in [2.05, 4.69) is 10.3 Å². The summed E-state index contributed by atoms with van der Waals surface area (Å²) in [6, 6.07) is 0. The molecular weight excluding hydrogens is 282 g/mol. The summed E-state index contributed by atoms with van der Waals surface area (Å²) in [5.74, 6) is 0.432. The monoisotopic (exact) mass is 303 g/mol. The smallest absolute Gasteiger partial charge is 0.150 e. The van der Waals surface area contributed by atoms with Crippen LogP contribution in [0.4, 0.5) is 0 Å². The van der Waals surface area contributed by atoms with Crippen LogP contribution in [0.3, 0.4) is 0 Å². The molecule has 1 aromatic rings. The molecule has 1 unspecified atom stereocenters. The van der Waals surface area contributed by atoms with Crippen molar-refractivity contribution in [2.24, 2.45) is 0 Å². The number of aliphatic hydroxyl groups excluding tert-OH is 1. The molecule has 1 aromatic heterocycles. The normalized spacial score (nSPS) is 20.9. The Bertz CT molecular complexity index is 515. The van der Waals surface area contributed by atoms with Crippen LogP contribution in [0.5, 0.6) is 0 Å². The van der Waals surface area contributed by atoms with Crippen LogP contribution < -0.4 is 0 Å². The highest BCUT2D eigenvalue weighted by atomic mass is 32.2. The van der Waals surface area contributed by atoms with Crippen LogP contribution in [0.25, 0.3) is 0 Å². The van der Waals surface area contributed by atoms with Crippen molar-refractivity contribution in [2.45, 2.75) is 44.9 Å². The Morgan fingerprint density at radius 3 is 2.85 bits per heavy atom. The first kappa shape index (κ1) is 15.4. The summed E-state index contributed by atoms with van der Waals surface area (Å²) in [7, 11) is -2.84. The highest BCUT2D eigenvalue weighted by molar-refractivity contribution is 7.91. The molecule has 2 heterocycles. The lowest BCUT2D eigenvalue weighted by molar-refractivity contribution is 0.0402. The molecule has 1 fully saturated rings. The van der Waals surface area contributed by atoms with Crippen molar-refractivity contribution in [1.82, 2.24) is 15.0 Å². The van der Waals surface area contributed by atoms with E-state index in [-0.39, 0.29) is 17.6 Å². The van der Waals surface area contributed by atoms with Crippen LogP contribution in [-0.2, 0) is 21.1 Å². The Labute approximate surface area is 118 Å². The molecule has 114 valence electrons. The molecule has 0 spiro atoms. The molecule has 8 heteroatoms. The van der Waals surface area contributed by atoms with Crippen molar-refractivity contribution in [3.8, 4) is 0 Å². The number of rotatable bonds is 6. The Morgan fingerprint density at radius 2 is 2.20 bits per heavy atom. The van der Waals surface area contributed by atoms with Gasteiger partial charge in [0.1, 0.15) is 5.69 Å². The Morgan fingerprint density at radius 1 is 1.50 bits per heavy atom. The lowest BCUT2D eigenvalue weighted by atomic mass is 10.2. The molecule has 0 radical (unpaired) electrons. The molecule has 0 saturated carbocycles. The van der Waals surface area contributed by atoms with Gasteiger partial charge >= 0.3 is 0 Å². The van der Waals surface area contributed by atoms with Crippen molar-refractivity contribution in [3.63, 3.8) is 0 Å². The topological polar surface area (TPSA) is 94.3 Å².